The number of amides is 1. The number of benzene rings is 4. The summed E-state index contributed by atoms with van der Waals surface area (Å²) in [6.07, 6.45) is 1.03. The Morgan fingerprint density at radius 2 is 1.40 bits per heavy atom. The van der Waals surface area contributed by atoms with Gasteiger partial charge >= 0.3 is 0 Å². The van der Waals surface area contributed by atoms with Crippen LogP contribution in [0.25, 0.3) is 16.6 Å². The van der Waals surface area contributed by atoms with E-state index in [2.05, 4.69) is 53.4 Å². The Labute approximate surface area is 254 Å². The largest absolute Gasteiger partial charge is 0.340 e. The Bertz CT molecular complexity index is 1720. The van der Waals surface area contributed by atoms with E-state index in [-0.39, 0.29) is 23.2 Å². The molecule has 0 radical (unpaired) electrons. The van der Waals surface area contributed by atoms with Crippen molar-refractivity contribution in [3.05, 3.63) is 136 Å². The number of para-hydroxylation sites is 2. The first kappa shape index (κ1) is 28.8. The molecule has 1 fully saturated rings. The fourth-order valence-electron chi connectivity index (χ4n) is 5.71. The van der Waals surface area contributed by atoms with E-state index in [1.807, 2.05) is 23.1 Å². The Kier molecular flexibility index (Phi) is 8.96. The molecule has 4 aromatic carbocycles. The highest BCUT2D eigenvalue weighted by molar-refractivity contribution is 7.99. The Morgan fingerprint density at radius 3 is 2.07 bits per heavy atom. The van der Waals surface area contributed by atoms with Gasteiger partial charge in [-0.25, -0.2) is 9.37 Å². The van der Waals surface area contributed by atoms with Crippen molar-refractivity contribution in [3.8, 4) is 5.69 Å². The van der Waals surface area contributed by atoms with Crippen LogP contribution in [0.15, 0.2) is 119 Å². The molecule has 0 unspecified atom stereocenters. The summed E-state index contributed by atoms with van der Waals surface area (Å²) in [6, 6.07) is 34.5. The molecule has 0 bridgehead atoms. The van der Waals surface area contributed by atoms with Gasteiger partial charge in [-0.15, -0.1) is 0 Å². The minimum atomic E-state index is -0.486. The zero-order valence-corrected chi connectivity index (χ0v) is 24.6. The van der Waals surface area contributed by atoms with Gasteiger partial charge in [-0.05, 0) is 41.8 Å². The SMILES string of the molecule is O=C(CCCSc1nc2ccccc2c(=O)n1-c1ccccc1F)N1CCN(C(c2ccccc2)c2ccccc2)CC1. The third kappa shape index (κ3) is 6.40. The number of carbonyl (C=O) groups is 1. The van der Waals surface area contributed by atoms with Crippen LogP contribution in [0, 0.1) is 5.82 Å². The number of hydrogen-bond acceptors (Lipinski definition) is 5. The molecule has 1 aromatic heterocycles. The van der Waals surface area contributed by atoms with Crippen LogP contribution in [0.4, 0.5) is 4.39 Å². The lowest BCUT2D eigenvalue weighted by Gasteiger charge is -2.40. The number of hydrogen-bond donors (Lipinski definition) is 0. The van der Waals surface area contributed by atoms with Crippen LogP contribution >= 0.6 is 11.8 Å². The Morgan fingerprint density at radius 1 is 0.791 bits per heavy atom. The maximum atomic E-state index is 14.8. The molecule has 2 heterocycles. The monoisotopic (exact) mass is 592 g/mol. The number of carbonyl (C=O) groups excluding carboxylic acids is 1. The quantitative estimate of drug-likeness (QED) is 0.114. The molecule has 8 heteroatoms. The molecule has 1 aliphatic rings. The van der Waals surface area contributed by atoms with E-state index in [0.717, 1.165) is 13.1 Å². The smallest absolute Gasteiger partial charge is 0.266 e. The van der Waals surface area contributed by atoms with Crippen molar-refractivity contribution in [1.29, 1.82) is 0 Å². The van der Waals surface area contributed by atoms with Gasteiger partial charge in [-0.2, -0.15) is 0 Å². The van der Waals surface area contributed by atoms with Gasteiger partial charge in [-0.3, -0.25) is 19.1 Å². The number of halogens is 1. The van der Waals surface area contributed by atoms with Crippen LogP contribution in [0.3, 0.4) is 0 Å². The predicted molar refractivity (Wildman–Crippen MR) is 170 cm³/mol. The second-order valence-electron chi connectivity index (χ2n) is 10.6. The Hall–Kier alpha value is -4.27. The maximum absolute atomic E-state index is 14.8. The third-order valence-electron chi connectivity index (χ3n) is 7.87. The predicted octanol–water partition coefficient (Wildman–Crippen LogP) is 6.33. The van der Waals surface area contributed by atoms with Gasteiger partial charge in [0.15, 0.2) is 5.16 Å². The summed E-state index contributed by atoms with van der Waals surface area (Å²) in [7, 11) is 0. The number of aromatic nitrogens is 2. The standard InChI is InChI=1S/C35H33FN4O2S/c36-29-17-8-10-19-31(29)40-34(42)28-16-7-9-18-30(28)37-35(40)43-25-11-20-32(41)38-21-23-39(24-22-38)33(26-12-3-1-4-13-26)27-14-5-2-6-15-27/h1-10,12-19,33H,11,20-25H2. The molecule has 0 N–H and O–H groups in total. The van der Waals surface area contributed by atoms with E-state index in [9.17, 15) is 14.0 Å². The number of fused-ring (bicyclic) bond motifs is 1. The third-order valence-corrected chi connectivity index (χ3v) is 8.89. The molecule has 1 saturated heterocycles. The van der Waals surface area contributed by atoms with Crippen LogP contribution in [0.1, 0.15) is 30.0 Å². The van der Waals surface area contributed by atoms with Crippen molar-refractivity contribution in [2.45, 2.75) is 24.0 Å². The first-order valence-electron chi connectivity index (χ1n) is 14.6. The molecule has 0 aliphatic carbocycles. The zero-order chi connectivity index (χ0) is 29.6. The van der Waals surface area contributed by atoms with E-state index >= 15 is 0 Å². The van der Waals surface area contributed by atoms with Gasteiger partial charge in [-0.1, -0.05) is 96.7 Å². The van der Waals surface area contributed by atoms with Crippen molar-refractivity contribution in [1.82, 2.24) is 19.4 Å². The van der Waals surface area contributed by atoms with Crippen molar-refractivity contribution in [2.75, 3.05) is 31.9 Å². The summed E-state index contributed by atoms with van der Waals surface area (Å²) in [6.45, 7) is 2.96. The van der Waals surface area contributed by atoms with Crippen molar-refractivity contribution in [2.24, 2.45) is 0 Å². The molecule has 0 atom stereocenters. The average molecular weight is 593 g/mol. The zero-order valence-electron chi connectivity index (χ0n) is 23.8. The number of nitrogens with zero attached hydrogens (tertiary/aromatic N) is 4. The summed E-state index contributed by atoms with van der Waals surface area (Å²) >= 11 is 1.37. The minimum absolute atomic E-state index is 0.134. The van der Waals surface area contributed by atoms with Crippen LogP contribution in [0.2, 0.25) is 0 Å². The van der Waals surface area contributed by atoms with Gasteiger partial charge in [0.1, 0.15) is 5.82 Å². The van der Waals surface area contributed by atoms with Gasteiger partial charge in [0, 0.05) is 38.4 Å². The summed E-state index contributed by atoms with van der Waals surface area (Å²) in [5.74, 6) is 0.225. The first-order chi connectivity index (χ1) is 21.1. The van der Waals surface area contributed by atoms with E-state index < -0.39 is 5.82 Å². The number of thioether (sulfide) groups is 1. The number of piperazine rings is 1. The van der Waals surface area contributed by atoms with Crippen LogP contribution < -0.4 is 5.56 Å². The van der Waals surface area contributed by atoms with Crippen LogP contribution in [0.5, 0.6) is 0 Å². The van der Waals surface area contributed by atoms with Gasteiger partial charge in [0.25, 0.3) is 5.56 Å². The van der Waals surface area contributed by atoms with Crippen LogP contribution in [-0.2, 0) is 4.79 Å². The average Bonchev–Trinajstić information content (AvgIpc) is 3.05. The lowest BCUT2D eigenvalue weighted by atomic mass is 9.96. The molecular formula is C35H33FN4O2S. The molecule has 6 nitrogen and oxygen atoms in total. The maximum Gasteiger partial charge on any atom is 0.266 e. The molecular weight excluding hydrogens is 559 g/mol. The summed E-state index contributed by atoms with van der Waals surface area (Å²) in [4.78, 5) is 35.7. The number of rotatable bonds is 9. The molecule has 1 amide bonds. The molecule has 0 spiro atoms. The van der Waals surface area contributed by atoms with Crippen molar-refractivity contribution in [3.63, 3.8) is 0 Å². The molecule has 1 aliphatic heterocycles. The van der Waals surface area contributed by atoms with Crippen molar-refractivity contribution < 1.29 is 9.18 Å². The molecule has 218 valence electrons. The van der Waals surface area contributed by atoms with E-state index in [1.54, 1.807) is 36.4 Å². The molecule has 5 aromatic rings. The summed E-state index contributed by atoms with van der Waals surface area (Å²) in [5, 5.41) is 0.855. The lowest BCUT2D eigenvalue weighted by molar-refractivity contribution is -0.133. The summed E-state index contributed by atoms with van der Waals surface area (Å²) in [5.41, 5.74) is 2.94. The molecule has 0 saturated carbocycles. The summed E-state index contributed by atoms with van der Waals surface area (Å²) < 4.78 is 16.1. The first-order valence-corrected chi connectivity index (χ1v) is 15.6. The highest BCUT2D eigenvalue weighted by atomic mass is 32.2. The van der Waals surface area contributed by atoms with Gasteiger partial charge < -0.3 is 4.90 Å². The highest BCUT2D eigenvalue weighted by Gasteiger charge is 2.28. The molecule has 6 rings (SSSR count). The normalized spacial score (nSPS) is 14.0. The second-order valence-corrected chi connectivity index (χ2v) is 11.7. The fourth-order valence-corrected chi connectivity index (χ4v) is 6.66. The Balaban J connectivity index is 1.09. The van der Waals surface area contributed by atoms with Crippen molar-refractivity contribution >= 4 is 28.6 Å². The topological polar surface area (TPSA) is 58.4 Å². The molecule has 43 heavy (non-hydrogen) atoms. The van der Waals surface area contributed by atoms with E-state index in [0.29, 0.717) is 47.7 Å². The minimum Gasteiger partial charge on any atom is -0.340 e. The lowest BCUT2D eigenvalue weighted by Crippen LogP contribution is -2.49. The van der Waals surface area contributed by atoms with E-state index in [4.69, 9.17) is 4.98 Å². The van der Waals surface area contributed by atoms with Gasteiger partial charge in [0.05, 0.1) is 22.6 Å². The highest BCUT2D eigenvalue weighted by Crippen LogP contribution is 2.30. The van der Waals surface area contributed by atoms with Crippen LogP contribution in [-0.4, -0.2) is 57.2 Å². The van der Waals surface area contributed by atoms with E-state index in [1.165, 1.54) is 33.5 Å². The second kappa shape index (κ2) is 13.4. The fraction of sp³-hybridized carbons (Fsp3) is 0.229. The van der Waals surface area contributed by atoms with Gasteiger partial charge in [0.2, 0.25) is 5.91 Å².